The van der Waals surface area contributed by atoms with Gasteiger partial charge in [0.05, 0.1) is 11.4 Å². The summed E-state index contributed by atoms with van der Waals surface area (Å²) < 4.78 is 0. The lowest BCUT2D eigenvalue weighted by Crippen LogP contribution is -2.32. The van der Waals surface area contributed by atoms with Crippen LogP contribution in [-0.4, -0.2) is 34.1 Å². The van der Waals surface area contributed by atoms with Crippen molar-refractivity contribution in [3.63, 3.8) is 0 Å². The fourth-order valence-electron chi connectivity index (χ4n) is 2.69. The van der Waals surface area contributed by atoms with Crippen LogP contribution >= 0.6 is 0 Å². The first-order valence-corrected chi connectivity index (χ1v) is 6.62. The number of nitrogen functional groups attached to an aromatic ring is 1. The molecule has 0 bridgehead atoms. The van der Waals surface area contributed by atoms with Crippen LogP contribution in [0, 0.1) is 12.3 Å². The lowest BCUT2D eigenvalue weighted by atomic mass is 9.82. The molecule has 100 valence electrons. The lowest BCUT2D eigenvalue weighted by Gasteiger charge is -2.26. The smallest absolute Gasteiger partial charge is 0.276 e. The maximum absolute atomic E-state index is 12.4. The minimum Gasteiger partial charge on any atom is -0.395 e. The van der Waals surface area contributed by atoms with Gasteiger partial charge in [0.2, 0.25) is 0 Å². The fraction of sp³-hybridized carbons (Fsp3) is 0.692. The van der Waals surface area contributed by atoms with Crippen molar-refractivity contribution in [1.29, 1.82) is 0 Å². The average Bonchev–Trinajstić information content (AvgIpc) is 2.95. The van der Waals surface area contributed by atoms with Crippen LogP contribution < -0.4 is 5.73 Å². The zero-order chi connectivity index (χ0) is 13.3. The molecule has 5 nitrogen and oxygen atoms in total. The van der Waals surface area contributed by atoms with E-state index in [9.17, 15) is 4.79 Å². The number of H-pyrrole nitrogens is 1. The summed E-state index contributed by atoms with van der Waals surface area (Å²) in [5.74, 6) is -0.0411. The number of likely N-dealkylation sites (tertiary alicyclic amines) is 1. The van der Waals surface area contributed by atoms with Crippen molar-refractivity contribution in [3.8, 4) is 0 Å². The highest BCUT2D eigenvalue weighted by atomic mass is 16.2. The molecule has 0 aliphatic carbocycles. The van der Waals surface area contributed by atoms with Crippen LogP contribution in [0.1, 0.15) is 49.3 Å². The van der Waals surface area contributed by atoms with Gasteiger partial charge in [0, 0.05) is 13.1 Å². The number of aromatic amines is 1. The molecule has 0 radical (unpaired) electrons. The summed E-state index contributed by atoms with van der Waals surface area (Å²) >= 11 is 0. The van der Waals surface area contributed by atoms with Crippen molar-refractivity contribution in [2.24, 2.45) is 5.41 Å². The van der Waals surface area contributed by atoms with E-state index in [0.717, 1.165) is 38.0 Å². The predicted molar refractivity (Wildman–Crippen MR) is 71.3 cm³/mol. The van der Waals surface area contributed by atoms with Crippen LogP contribution in [0.2, 0.25) is 0 Å². The normalized spacial score (nSPS) is 18.3. The highest BCUT2D eigenvalue weighted by Crippen LogP contribution is 2.37. The summed E-state index contributed by atoms with van der Waals surface area (Å²) in [5.41, 5.74) is 7.76. The van der Waals surface area contributed by atoms with E-state index in [0.29, 0.717) is 11.4 Å². The number of carbonyl (C=O) groups excluding carboxylic acids is 1. The molecule has 0 spiro atoms. The predicted octanol–water partition coefficient (Wildman–Crippen LogP) is 1.95. The van der Waals surface area contributed by atoms with Gasteiger partial charge in [-0.2, -0.15) is 5.10 Å². The van der Waals surface area contributed by atoms with Crippen LogP contribution in [0.3, 0.4) is 0 Å². The van der Waals surface area contributed by atoms with Gasteiger partial charge in [0.25, 0.3) is 5.91 Å². The van der Waals surface area contributed by atoms with E-state index >= 15 is 0 Å². The van der Waals surface area contributed by atoms with Gasteiger partial charge in [-0.25, -0.2) is 0 Å². The lowest BCUT2D eigenvalue weighted by molar-refractivity contribution is 0.0765. The summed E-state index contributed by atoms with van der Waals surface area (Å²) in [7, 11) is 0. The second-order valence-corrected chi connectivity index (χ2v) is 5.29. The standard InChI is InChI=1S/C13H22N4O/c1-4-13(5-2)6-7-17(8-13)12(18)11-10(14)9(3)15-16-11/h4-8,14H2,1-3H3,(H,15,16). The van der Waals surface area contributed by atoms with Gasteiger partial charge in [-0.15, -0.1) is 0 Å². The Morgan fingerprint density at radius 2 is 2.17 bits per heavy atom. The molecule has 2 rings (SSSR count). The number of hydrogen-bond acceptors (Lipinski definition) is 3. The third-order valence-corrected chi connectivity index (χ3v) is 4.42. The Kier molecular flexibility index (Phi) is 3.32. The number of aromatic nitrogens is 2. The zero-order valence-electron chi connectivity index (χ0n) is 11.4. The maximum Gasteiger partial charge on any atom is 0.276 e. The van der Waals surface area contributed by atoms with E-state index in [1.54, 1.807) is 0 Å². The third kappa shape index (κ3) is 1.98. The maximum atomic E-state index is 12.4. The van der Waals surface area contributed by atoms with Gasteiger partial charge in [0.15, 0.2) is 5.69 Å². The first-order valence-electron chi connectivity index (χ1n) is 6.62. The van der Waals surface area contributed by atoms with Gasteiger partial charge in [-0.1, -0.05) is 13.8 Å². The molecular formula is C13H22N4O. The molecular weight excluding hydrogens is 228 g/mol. The molecule has 0 unspecified atom stereocenters. The molecule has 1 aliphatic heterocycles. The molecule has 0 aromatic carbocycles. The van der Waals surface area contributed by atoms with Crippen molar-refractivity contribution in [2.45, 2.75) is 40.0 Å². The van der Waals surface area contributed by atoms with Gasteiger partial charge < -0.3 is 10.6 Å². The highest BCUT2D eigenvalue weighted by molar-refractivity contribution is 5.97. The summed E-state index contributed by atoms with van der Waals surface area (Å²) in [6, 6.07) is 0. The molecule has 5 heteroatoms. The molecule has 0 atom stereocenters. The van der Waals surface area contributed by atoms with E-state index in [4.69, 9.17) is 5.73 Å². The summed E-state index contributed by atoms with van der Waals surface area (Å²) in [6.45, 7) is 7.86. The molecule has 18 heavy (non-hydrogen) atoms. The fourth-order valence-corrected chi connectivity index (χ4v) is 2.69. The van der Waals surface area contributed by atoms with Gasteiger partial charge >= 0.3 is 0 Å². The molecule has 1 aliphatic rings. The number of hydrogen-bond donors (Lipinski definition) is 2. The van der Waals surface area contributed by atoms with Crippen molar-refractivity contribution in [2.75, 3.05) is 18.8 Å². The molecule has 0 saturated carbocycles. The summed E-state index contributed by atoms with van der Waals surface area (Å²) in [4.78, 5) is 14.3. The SMILES string of the molecule is CCC1(CC)CCN(C(=O)c2n[nH]c(C)c2N)C1. The van der Waals surface area contributed by atoms with E-state index < -0.39 is 0 Å². The topological polar surface area (TPSA) is 75.0 Å². The number of carbonyl (C=O) groups is 1. The Bertz CT molecular complexity index is 448. The first kappa shape index (κ1) is 12.9. The molecule has 1 fully saturated rings. The van der Waals surface area contributed by atoms with Crippen LogP contribution in [-0.2, 0) is 0 Å². The monoisotopic (exact) mass is 250 g/mol. The van der Waals surface area contributed by atoms with Crippen molar-refractivity contribution in [3.05, 3.63) is 11.4 Å². The number of nitrogens with one attached hydrogen (secondary N) is 1. The number of nitrogens with two attached hydrogens (primary N) is 1. The van der Waals surface area contributed by atoms with E-state index in [1.807, 2.05) is 11.8 Å². The van der Waals surface area contributed by atoms with E-state index in [1.165, 1.54) is 0 Å². The number of aryl methyl sites for hydroxylation is 1. The third-order valence-electron chi connectivity index (χ3n) is 4.42. The Labute approximate surface area is 108 Å². The van der Waals surface area contributed by atoms with Crippen LogP contribution in [0.4, 0.5) is 5.69 Å². The second kappa shape index (κ2) is 4.63. The Hall–Kier alpha value is -1.52. The molecule has 1 saturated heterocycles. The van der Waals surface area contributed by atoms with Crippen LogP contribution in [0.15, 0.2) is 0 Å². The van der Waals surface area contributed by atoms with E-state index in [2.05, 4.69) is 24.0 Å². The number of anilines is 1. The van der Waals surface area contributed by atoms with Crippen LogP contribution in [0.25, 0.3) is 0 Å². The first-order chi connectivity index (χ1) is 8.53. The van der Waals surface area contributed by atoms with Gasteiger partial charge in [-0.05, 0) is 31.6 Å². The number of nitrogens with zero attached hydrogens (tertiary/aromatic N) is 2. The molecule has 2 heterocycles. The van der Waals surface area contributed by atoms with Crippen molar-refractivity contribution >= 4 is 11.6 Å². The summed E-state index contributed by atoms with van der Waals surface area (Å²) in [6.07, 6.45) is 3.31. The Morgan fingerprint density at radius 3 is 2.61 bits per heavy atom. The zero-order valence-corrected chi connectivity index (χ0v) is 11.4. The minimum atomic E-state index is -0.0411. The molecule has 1 aromatic rings. The number of rotatable bonds is 3. The quantitative estimate of drug-likeness (QED) is 0.861. The van der Waals surface area contributed by atoms with Crippen molar-refractivity contribution < 1.29 is 4.79 Å². The second-order valence-electron chi connectivity index (χ2n) is 5.29. The van der Waals surface area contributed by atoms with Crippen LogP contribution in [0.5, 0.6) is 0 Å². The van der Waals surface area contributed by atoms with Gasteiger partial charge in [-0.3, -0.25) is 9.89 Å². The number of amides is 1. The average molecular weight is 250 g/mol. The van der Waals surface area contributed by atoms with E-state index in [-0.39, 0.29) is 11.3 Å². The summed E-state index contributed by atoms with van der Waals surface area (Å²) in [5, 5.41) is 6.79. The minimum absolute atomic E-state index is 0.0411. The van der Waals surface area contributed by atoms with Crippen molar-refractivity contribution in [1.82, 2.24) is 15.1 Å². The molecule has 1 aromatic heterocycles. The Morgan fingerprint density at radius 1 is 1.50 bits per heavy atom. The molecule has 3 N–H and O–H groups in total. The Balaban J connectivity index is 2.15. The largest absolute Gasteiger partial charge is 0.395 e. The molecule has 1 amide bonds. The van der Waals surface area contributed by atoms with Gasteiger partial charge in [0.1, 0.15) is 0 Å². The highest BCUT2D eigenvalue weighted by Gasteiger charge is 2.38.